The Hall–Kier alpha value is -3.96. The normalized spacial score (nSPS) is 17.9. The Morgan fingerprint density at radius 2 is 2.00 bits per heavy atom. The second kappa shape index (κ2) is 10.4. The van der Waals surface area contributed by atoms with E-state index in [2.05, 4.69) is 27.5 Å². The molecule has 1 atom stereocenters. The van der Waals surface area contributed by atoms with Gasteiger partial charge in [0, 0.05) is 10.0 Å². The predicted octanol–water partition coefficient (Wildman–Crippen LogP) is 4.95. The molecule has 0 spiro atoms. The zero-order chi connectivity index (χ0) is 27.0. The van der Waals surface area contributed by atoms with Crippen LogP contribution in [0.25, 0.3) is 5.76 Å². The van der Waals surface area contributed by atoms with Crippen LogP contribution in [0.2, 0.25) is 0 Å². The fourth-order valence-electron chi connectivity index (χ4n) is 4.24. The third-order valence-electron chi connectivity index (χ3n) is 5.93. The Balaban J connectivity index is 1.65. The van der Waals surface area contributed by atoms with Crippen LogP contribution in [0, 0.1) is 6.92 Å². The van der Waals surface area contributed by atoms with E-state index in [4.69, 9.17) is 14.2 Å². The molecule has 0 radical (unpaired) electrons. The lowest BCUT2D eigenvalue weighted by Crippen LogP contribution is -2.29. The third-order valence-corrected chi connectivity index (χ3v) is 7.56. The van der Waals surface area contributed by atoms with Gasteiger partial charge in [0.1, 0.15) is 30.5 Å². The number of thiazole rings is 1. The zero-order valence-electron chi connectivity index (χ0n) is 20.1. The average molecular weight is 597 g/mol. The highest BCUT2D eigenvalue weighted by atomic mass is 79.9. The van der Waals surface area contributed by atoms with Crippen LogP contribution >= 0.6 is 27.3 Å². The number of anilines is 1. The first-order valence-corrected chi connectivity index (χ1v) is 13.1. The summed E-state index contributed by atoms with van der Waals surface area (Å²) < 4.78 is 17.0. The summed E-state index contributed by atoms with van der Waals surface area (Å²) in [6, 6.07) is 10.8. The van der Waals surface area contributed by atoms with E-state index in [-0.39, 0.29) is 33.5 Å². The fraction of sp³-hybridized carbons (Fsp3) is 0.185. The molecule has 0 saturated carbocycles. The number of carbonyl (C=O) groups excluding carboxylic acids is 3. The van der Waals surface area contributed by atoms with Gasteiger partial charge in [-0.05, 0) is 42.8 Å². The minimum atomic E-state index is -1.01. The van der Waals surface area contributed by atoms with Gasteiger partial charge in [0.15, 0.2) is 16.6 Å². The summed E-state index contributed by atoms with van der Waals surface area (Å²) in [6.07, 6.45) is 1.44. The number of aromatic nitrogens is 1. The molecule has 1 aromatic heterocycles. The van der Waals surface area contributed by atoms with Gasteiger partial charge in [0.2, 0.25) is 0 Å². The SMILES string of the molecule is C=CCOC(=O)c1sc(N2C(=O)C(=O)/C(=C(/O)c3ccc4c(c3)OCCO4)C2c2cccc(Br)c2)nc1C. The number of ether oxygens (including phenoxy) is 3. The summed E-state index contributed by atoms with van der Waals surface area (Å²) in [4.78, 5) is 45.2. The van der Waals surface area contributed by atoms with Crippen molar-refractivity contribution in [3.8, 4) is 11.5 Å². The number of fused-ring (bicyclic) bond motifs is 1. The van der Waals surface area contributed by atoms with Crippen LogP contribution in [0.1, 0.15) is 32.5 Å². The third kappa shape index (κ3) is 4.59. The minimum absolute atomic E-state index is 0.0175. The zero-order valence-corrected chi connectivity index (χ0v) is 22.5. The van der Waals surface area contributed by atoms with Crippen LogP contribution in [-0.2, 0) is 14.3 Å². The van der Waals surface area contributed by atoms with Crippen LogP contribution in [0.15, 0.2) is 65.2 Å². The molecule has 1 unspecified atom stereocenters. The molecule has 3 aromatic rings. The minimum Gasteiger partial charge on any atom is -0.507 e. The number of aliphatic hydroxyl groups is 1. The van der Waals surface area contributed by atoms with Gasteiger partial charge in [-0.1, -0.05) is 52.1 Å². The number of hydrogen-bond donors (Lipinski definition) is 1. The smallest absolute Gasteiger partial charge is 0.350 e. The number of esters is 1. The molecule has 1 N–H and O–H groups in total. The molecule has 1 fully saturated rings. The molecule has 9 nitrogen and oxygen atoms in total. The largest absolute Gasteiger partial charge is 0.507 e. The maximum Gasteiger partial charge on any atom is 0.350 e. The summed E-state index contributed by atoms with van der Waals surface area (Å²) in [6.45, 7) is 5.92. The van der Waals surface area contributed by atoms with Crippen LogP contribution < -0.4 is 14.4 Å². The number of Topliss-reactive ketones (excluding diaryl/α,β-unsaturated/α-hetero) is 1. The van der Waals surface area contributed by atoms with E-state index < -0.39 is 23.7 Å². The van der Waals surface area contributed by atoms with Gasteiger partial charge >= 0.3 is 11.9 Å². The monoisotopic (exact) mass is 596 g/mol. The van der Waals surface area contributed by atoms with Crippen LogP contribution in [-0.4, -0.2) is 47.6 Å². The van der Waals surface area contributed by atoms with Gasteiger partial charge in [-0.3, -0.25) is 14.5 Å². The van der Waals surface area contributed by atoms with Crippen molar-refractivity contribution >= 4 is 55.8 Å². The number of amides is 1. The van der Waals surface area contributed by atoms with Crippen molar-refractivity contribution in [2.75, 3.05) is 24.7 Å². The number of nitrogens with zero attached hydrogens (tertiary/aromatic N) is 2. The molecule has 0 bridgehead atoms. The van der Waals surface area contributed by atoms with E-state index in [0.717, 1.165) is 11.3 Å². The maximum atomic E-state index is 13.4. The van der Waals surface area contributed by atoms with Crippen molar-refractivity contribution in [2.45, 2.75) is 13.0 Å². The summed E-state index contributed by atoms with van der Waals surface area (Å²) in [5.41, 5.74) is 1.08. The lowest BCUT2D eigenvalue weighted by molar-refractivity contribution is -0.132. The van der Waals surface area contributed by atoms with E-state index >= 15 is 0 Å². The standard InChI is InChI=1S/C27H21BrN2O7S/c1-3-9-37-26(34)24-14(2)29-27(38-24)30-21(15-5-4-6-17(28)12-15)20(23(32)25(30)33)22(31)16-7-8-18-19(13-16)36-11-10-35-18/h3-8,12-13,21,31H,1,9-11H2,2H3/b22-20+. The lowest BCUT2D eigenvalue weighted by Gasteiger charge is -2.23. The molecule has 3 heterocycles. The van der Waals surface area contributed by atoms with Gasteiger partial charge in [-0.15, -0.1) is 0 Å². The number of hydrogen-bond acceptors (Lipinski definition) is 9. The van der Waals surface area contributed by atoms with E-state index in [1.807, 2.05) is 0 Å². The summed E-state index contributed by atoms with van der Waals surface area (Å²) in [5.74, 6) is -1.80. The number of aliphatic hydroxyl groups excluding tert-OH is 1. The Morgan fingerprint density at radius 1 is 1.24 bits per heavy atom. The Kier molecular flexibility index (Phi) is 7.04. The second-order valence-corrected chi connectivity index (χ2v) is 10.3. The van der Waals surface area contributed by atoms with Gasteiger partial charge in [-0.2, -0.15) is 0 Å². The van der Waals surface area contributed by atoms with Crippen LogP contribution in [0.5, 0.6) is 11.5 Å². The van der Waals surface area contributed by atoms with E-state index in [9.17, 15) is 19.5 Å². The van der Waals surface area contributed by atoms with Gasteiger partial charge in [0.25, 0.3) is 5.78 Å². The Morgan fingerprint density at radius 3 is 2.74 bits per heavy atom. The number of carbonyl (C=O) groups is 3. The summed E-state index contributed by atoms with van der Waals surface area (Å²) in [5, 5.41) is 11.5. The molecule has 38 heavy (non-hydrogen) atoms. The molecule has 11 heteroatoms. The second-order valence-electron chi connectivity index (χ2n) is 8.38. The highest BCUT2D eigenvalue weighted by Crippen LogP contribution is 2.45. The summed E-state index contributed by atoms with van der Waals surface area (Å²) in [7, 11) is 0. The molecule has 2 aliphatic heterocycles. The first-order chi connectivity index (χ1) is 18.3. The molecule has 2 aliphatic rings. The van der Waals surface area contributed by atoms with Crippen molar-refractivity contribution < 1.29 is 33.7 Å². The van der Waals surface area contributed by atoms with Gasteiger partial charge in [-0.25, -0.2) is 9.78 Å². The predicted molar refractivity (Wildman–Crippen MR) is 144 cm³/mol. The number of halogens is 1. The number of aryl methyl sites for hydroxylation is 1. The highest BCUT2D eigenvalue weighted by molar-refractivity contribution is 9.10. The molecular weight excluding hydrogens is 576 g/mol. The van der Waals surface area contributed by atoms with Crippen molar-refractivity contribution in [3.05, 3.63) is 86.9 Å². The number of benzene rings is 2. The Labute approximate surface area is 230 Å². The van der Waals surface area contributed by atoms with Crippen molar-refractivity contribution in [3.63, 3.8) is 0 Å². The first kappa shape index (κ1) is 25.7. The van der Waals surface area contributed by atoms with Gasteiger partial charge in [0.05, 0.1) is 17.3 Å². The molecule has 2 aromatic carbocycles. The van der Waals surface area contributed by atoms with Gasteiger partial charge < -0.3 is 19.3 Å². The van der Waals surface area contributed by atoms with Crippen LogP contribution in [0.3, 0.4) is 0 Å². The maximum absolute atomic E-state index is 13.4. The molecular formula is C27H21BrN2O7S. The Bertz CT molecular complexity index is 1510. The number of ketones is 1. The first-order valence-electron chi connectivity index (χ1n) is 11.5. The van der Waals surface area contributed by atoms with E-state index in [1.165, 1.54) is 11.0 Å². The number of rotatable bonds is 6. The highest BCUT2D eigenvalue weighted by Gasteiger charge is 2.48. The molecule has 0 aliphatic carbocycles. The average Bonchev–Trinajstić information content (AvgIpc) is 3.43. The van der Waals surface area contributed by atoms with E-state index in [0.29, 0.717) is 40.4 Å². The van der Waals surface area contributed by atoms with Crippen LogP contribution in [0.4, 0.5) is 5.13 Å². The lowest BCUT2D eigenvalue weighted by atomic mass is 9.95. The summed E-state index contributed by atoms with van der Waals surface area (Å²) >= 11 is 4.37. The molecule has 1 amide bonds. The fourth-order valence-corrected chi connectivity index (χ4v) is 5.65. The van der Waals surface area contributed by atoms with Crippen molar-refractivity contribution in [1.82, 2.24) is 4.98 Å². The molecule has 1 saturated heterocycles. The molecule has 194 valence electrons. The van der Waals surface area contributed by atoms with Crippen molar-refractivity contribution in [1.29, 1.82) is 0 Å². The van der Waals surface area contributed by atoms with E-state index in [1.54, 1.807) is 49.4 Å². The quantitative estimate of drug-likeness (QED) is 0.140. The van der Waals surface area contributed by atoms with Crippen molar-refractivity contribution in [2.24, 2.45) is 0 Å². The molecule has 5 rings (SSSR count). The topological polar surface area (TPSA) is 115 Å².